The van der Waals surface area contributed by atoms with E-state index in [0.29, 0.717) is 17.8 Å². The molecule has 0 saturated heterocycles. The van der Waals surface area contributed by atoms with Crippen molar-refractivity contribution in [3.63, 3.8) is 0 Å². The van der Waals surface area contributed by atoms with Crippen molar-refractivity contribution in [1.82, 2.24) is 9.13 Å². The summed E-state index contributed by atoms with van der Waals surface area (Å²) in [5.41, 5.74) is 1.29. The molecule has 1 atom stereocenters. The molecule has 7 heteroatoms. The maximum atomic E-state index is 12.4. The zero-order valence-corrected chi connectivity index (χ0v) is 17.2. The van der Waals surface area contributed by atoms with Crippen LogP contribution in [0.2, 0.25) is 5.02 Å². The number of aryl methyl sites for hydroxylation is 1. The highest BCUT2D eigenvalue weighted by atomic mass is 79.9. The first-order valence-corrected chi connectivity index (χ1v) is 9.83. The molecule has 1 aliphatic rings. The van der Waals surface area contributed by atoms with Crippen molar-refractivity contribution >= 4 is 38.0 Å². The van der Waals surface area contributed by atoms with E-state index in [1.807, 2.05) is 24.3 Å². The van der Waals surface area contributed by atoms with Gasteiger partial charge < -0.3 is 0 Å². The van der Waals surface area contributed by atoms with Crippen LogP contribution in [-0.4, -0.2) is 13.8 Å². The second kappa shape index (κ2) is 7.92. The first kappa shape index (κ1) is 19.1. The van der Waals surface area contributed by atoms with E-state index in [9.17, 15) is 9.59 Å². The number of nitrogens with zero attached hydrogens (tertiary/aromatic N) is 3. The van der Waals surface area contributed by atoms with Crippen LogP contribution in [0.1, 0.15) is 30.4 Å². The topological polar surface area (TPSA) is 56.4 Å². The number of hydrogen-bond donors (Lipinski definition) is 0. The smallest absolute Gasteiger partial charge is 0.281 e. The van der Waals surface area contributed by atoms with Crippen molar-refractivity contribution in [3.05, 3.63) is 61.3 Å². The Bertz CT molecular complexity index is 960. The summed E-state index contributed by atoms with van der Waals surface area (Å²) < 4.78 is 3.42. The van der Waals surface area contributed by atoms with E-state index >= 15 is 0 Å². The van der Waals surface area contributed by atoms with Gasteiger partial charge in [0.1, 0.15) is 5.82 Å². The molecule has 0 aliphatic carbocycles. The minimum Gasteiger partial charge on any atom is -0.281 e. The molecule has 0 fully saturated rings. The second-order valence-electron chi connectivity index (χ2n) is 6.70. The van der Waals surface area contributed by atoms with Gasteiger partial charge in [-0.05, 0) is 65.7 Å². The third-order valence-electron chi connectivity index (χ3n) is 4.95. The highest BCUT2D eigenvalue weighted by Gasteiger charge is 2.23. The normalized spacial score (nSPS) is 16.8. The molecule has 2 aromatic rings. The van der Waals surface area contributed by atoms with Crippen molar-refractivity contribution < 1.29 is 0 Å². The second-order valence-corrected chi connectivity index (χ2v) is 7.95. The number of aromatic nitrogens is 2. The predicted octanol–water partition coefficient (Wildman–Crippen LogP) is 3.75. The van der Waals surface area contributed by atoms with Crippen molar-refractivity contribution in [3.8, 4) is 0 Å². The fourth-order valence-electron chi connectivity index (χ4n) is 3.36. The largest absolute Gasteiger partial charge is 0.332 e. The van der Waals surface area contributed by atoms with Crippen molar-refractivity contribution in [2.24, 2.45) is 25.0 Å². The van der Waals surface area contributed by atoms with Crippen molar-refractivity contribution in [2.75, 3.05) is 0 Å². The average Bonchev–Trinajstić information content (AvgIpc) is 2.79. The Morgan fingerprint density at radius 3 is 2.58 bits per heavy atom. The van der Waals surface area contributed by atoms with Gasteiger partial charge in [0.05, 0.1) is 10.2 Å². The van der Waals surface area contributed by atoms with Crippen molar-refractivity contribution in [2.45, 2.75) is 32.1 Å². The standard InChI is InChI=1S/C19H21BrClN3O2/c1-23-17-15(18(25)24(2)19(23)26)11-8-13(16(20)22-17)5-3-4-12-6-9-14(21)10-7-12/h6-7,9-10,13H,3-5,8,11H2,1-2H3. The first-order valence-electron chi connectivity index (χ1n) is 8.66. The van der Waals surface area contributed by atoms with Gasteiger partial charge in [-0.2, -0.15) is 0 Å². The molecule has 5 nitrogen and oxygen atoms in total. The summed E-state index contributed by atoms with van der Waals surface area (Å²) in [6.45, 7) is 0. The molecule has 26 heavy (non-hydrogen) atoms. The monoisotopic (exact) mass is 437 g/mol. The Hall–Kier alpha value is -1.66. The van der Waals surface area contributed by atoms with Crippen LogP contribution in [0.3, 0.4) is 0 Å². The summed E-state index contributed by atoms with van der Waals surface area (Å²) in [4.78, 5) is 29.2. The lowest BCUT2D eigenvalue weighted by Gasteiger charge is -2.13. The molecule has 3 rings (SSSR count). The molecule has 138 valence electrons. The van der Waals surface area contributed by atoms with Gasteiger partial charge >= 0.3 is 5.69 Å². The minimum absolute atomic E-state index is 0.242. The molecular weight excluding hydrogens is 418 g/mol. The van der Waals surface area contributed by atoms with Crippen LogP contribution in [0.4, 0.5) is 5.82 Å². The number of hydrogen-bond acceptors (Lipinski definition) is 3. The summed E-state index contributed by atoms with van der Waals surface area (Å²) in [6.07, 6.45) is 4.42. The fourth-order valence-corrected chi connectivity index (χ4v) is 4.11. The molecule has 0 saturated carbocycles. The number of aliphatic imine (C=N–C) groups is 1. The number of benzene rings is 1. The molecule has 1 unspecified atom stereocenters. The SMILES string of the molecule is Cn1c2c(c(=O)n(C)c1=O)CCC(CCCc1ccc(Cl)cc1)C(Br)=N2. The van der Waals surface area contributed by atoms with Gasteiger partial charge in [0.2, 0.25) is 0 Å². The van der Waals surface area contributed by atoms with Gasteiger partial charge in [-0.1, -0.05) is 23.7 Å². The maximum absolute atomic E-state index is 12.4. The minimum atomic E-state index is -0.348. The molecule has 1 aliphatic heterocycles. The first-order chi connectivity index (χ1) is 12.4. The molecule has 0 bridgehead atoms. The molecule has 1 aromatic carbocycles. The Labute approximate surface area is 165 Å². The zero-order chi connectivity index (χ0) is 18.8. The van der Waals surface area contributed by atoms with E-state index in [2.05, 4.69) is 20.9 Å². The summed E-state index contributed by atoms with van der Waals surface area (Å²) in [6, 6.07) is 7.92. The molecule has 1 aromatic heterocycles. The van der Waals surface area contributed by atoms with Crippen LogP contribution in [0.5, 0.6) is 0 Å². The molecule has 0 radical (unpaired) electrons. The number of halogens is 2. The zero-order valence-electron chi connectivity index (χ0n) is 14.8. The average molecular weight is 439 g/mol. The summed E-state index contributed by atoms with van der Waals surface area (Å²) in [7, 11) is 3.17. The Morgan fingerprint density at radius 2 is 1.88 bits per heavy atom. The van der Waals surface area contributed by atoms with Crippen molar-refractivity contribution in [1.29, 1.82) is 0 Å². The van der Waals surface area contributed by atoms with E-state index in [1.165, 1.54) is 17.2 Å². The molecule has 0 N–H and O–H groups in total. The lowest BCUT2D eigenvalue weighted by Crippen LogP contribution is -2.38. The van der Waals surface area contributed by atoms with Crippen LogP contribution in [-0.2, 0) is 26.9 Å². The van der Waals surface area contributed by atoms with Crippen LogP contribution in [0, 0.1) is 5.92 Å². The Balaban J connectivity index is 1.75. The highest BCUT2D eigenvalue weighted by Crippen LogP contribution is 2.29. The van der Waals surface area contributed by atoms with Gasteiger partial charge in [0.25, 0.3) is 5.56 Å². The lowest BCUT2D eigenvalue weighted by atomic mass is 9.95. The van der Waals surface area contributed by atoms with Crippen LogP contribution in [0.15, 0.2) is 38.8 Å². The Morgan fingerprint density at radius 1 is 1.19 bits per heavy atom. The van der Waals surface area contributed by atoms with Gasteiger partial charge in [0.15, 0.2) is 0 Å². The predicted molar refractivity (Wildman–Crippen MR) is 109 cm³/mol. The van der Waals surface area contributed by atoms with E-state index in [4.69, 9.17) is 11.6 Å². The van der Waals surface area contributed by atoms with Gasteiger partial charge in [-0.15, -0.1) is 0 Å². The number of rotatable bonds is 4. The lowest BCUT2D eigenvalue weighted by molar-refractivity contribution is 0.556. The van der Waals surface area contributed by atoms with Gasteiger partial charge in [-0.25, -0.2) is 9.79 Å². The van der Waals surface area contributed by atoms with E-state index in [1.54, 1.807) is 7.05 Å². The maximum Gasteiger partial charge on any atom is 0.332 e. The van der Waals surface area contributed by atoms with Gasteiger partial charge in [0, 0.05) is 25.0 Å². The number of fused-ring (bicyclic) bond motifs is 1. The van der Waals surface area contributed by atoms with Crippen LogP contribution < -0.4 is 11.2 Å². The van der Waals surface area contributed by atoms with E-state index in [-0.39, 0.29) is 17.2 Å². The Kier molecular flexibility index (Phi) is 5.82. The third kappa shape index (κ3) is 3.86. The van der Waals surface area contributed by atoms with Crippen LogP contribution >= 0.6 is 27.5 Å². The van der Waals surface area contributed by atoms with Gasteiger partial charge in [-0.3, -0.25) is 13.9 Å². The quantitative estimate of drug-likeness (QED) is 0.730. The summed E-state index contributed by atoms with van der Waals surface area (Å²) >= 11 is 9.50. The summed E-state index contributed by atoms with van der Waals surface area (Å²) in [5, 5.41) is 0.748. The third-order valence-corrected chi connectivity index (χ3v) is 6.02. The molecular formula is C19H21BrClN3O2. The van der Waals surface area contributed by atoms with E-state index in [0.717, 1.165) is 39.9 Å². The van der Waals surface area contributed by atoms with E-state index < -0.39 is 0 Å². The summed E-state index contributed by atoms with van der Waals surface area (Å²) in [5.74, 6) is 0.722. The molecule has 0 spiro atoms. The van der Waals surface area contributed by atoms with Crippen LogP contribution in [0.25, 0.3) is 0 Å². The highest BCUT2D eigenvalue weighted by molar-refractivity contribution is 9.18. The fraction of sp³-hybridized carbons (Fsp3) is 0.421. The molecule has 2 heterocycles. The molecule has 0 amide bonds.